The first-order valence-electron chi connectivity index (χ1n) is 6.54. The Hall–Kier alpha value is -0.316. The topological polar surface area (TPSA) is 42.2 Å². The lowest BCUT2D eigenvalue weighted by atomic mass is 10.4. The predicted molar refractivity (Wildman–Crippen MR) is 76.8 cm³/mol. The van der Waals surface area contributed by atoms with E-state index >= 15 is 0 Å². The van der Waals surface area contributed by atoms with E-state index in [9.17, 15) is 0 Å². The molecule has 0 unspecified atom stereocenters. The normalized spacial score (nSPS) is 12.2. The van der Waals surface area contributed by atoms with Gasteiger partial charge in [0.15, 0.2) is 16.6 Å². The van der Waals surface area contributed by atoms with Gasteiger partial charge in [0.2, 0.25) is 0 Å². The summed E-state index contributed by atoms with van der Waals surface area (Å²) in [6, 6.07) is 2.34. The highest BCUT2D eigenvalue weighted by molar-refractivity contribution is 6.84. The van der Waals surface area contributed by atoms with Crippen LogP contribution >= 0.6 is 0 Å². The first-order valence-corrected chi connectivity index (χ1v) is 12.8. The van der Waals surface area contributed by atoms with Crippen molar-refractivity contribution in [2.45, 2.75) is 64.5 Å². The molecule has 100 valence electrons. The maximum Gasteiger partial charge on any atom is 0.286 e. The average Bonchev–Trinajstić information content (AvgIpc) is 2.20. The molecule has 5 heteroatoms. The van der Waals surface area contributed by atoms with Crippen molar-refractivity contribution >= 4 is 16.6 Å². The highest BCUT2D eigenvalue weighted by Crippen LogP contribution is 2.24. The van der Waals surface area contributed by atoms with Gasteiger partial charge in [-0.2, -0.15) is 5.26 Å². The molecule has 0 saturated heterocycles. The lowest BCUT2D eigenvalue weighted by Crippen LogP contribution is -2.44. The summed E-state index contributed by atoms with van der Waals surface area (Å²) in [5, 5.41) is 8.29. The Balaban J connectivity index is 4.00. The SMILES string of the molecule is CCCC[Si](C)(C)O[Si](C)(C)CCCOC#N. The Morgan fingerprint density at radius 2 is 1.53 bits per heavy atom. The molecular formula is C12H27NO2Si2. The molecule has 0 aliphatic heterocycles. The molecule has 0 bridgehead atoms. The molecule has 0 aromatic rings. The third-order valence-corrected chi connectivity index (χ3v) is 10.3. The molecular weight excluding hydrogens is 246 g/mol. The van der Waals surface area contributed by atoms with E-state index < -0.39 is 16.6 Å². The van der Waals surface area contributed by atoms with Crippen LogP contribution < -0.4 is 0 Å². The zero-order chi connectivity index (χ0) is 13.4. The van der Waals surface area contributed by atoms with E-state index in [-0.39, 0.29) is 0 Å². The van der Waals surface area contributed by atoms with Crippen molar-refractivity contribution in [3.05, 3.63) is 0 Å². The Labute approximate surface area is 108 Å². The molecule has 0 aromatic carbocycles. The van der Waals surface area contributed by atoms with Gasteiger partial charge in [-0.05, 0) is 44.7 Å². The largest absolute Gasteiger partial charge is 0.455 e. The fraction of sp³-hybridized carbons (Fsp3) is 0.917. The van der Waals surface area contributed by atoms with Crippen LogP contribution in [0, 0.1) is 11.5 Å². The third-order valence-electron chi connectivity index (χ3n) is 2.77. The van der Waals surface area contributed by atoms with E-state index in [0.29, 0.717) is 6.61 Å². The van der Waals surface area contributed by atoms with Crippen molar-refractivity contribution in [1.29, 1.82) is 5.26 Å². The van der Waals surface area contributed by atoms with E-state index in [1.54, 1.807) is 6.26 Å². The monoisotopic (exact) mass is 273 g/mol. The van der Waals surface area contributed by atoms with Gasteiger partial charge in [0.05, 0.1) is 0 Å². The summed E-state index contributed by atoms with van der Waals surface area (Å²) < 4.78 is 11.2. The van der Waals surface area contributed by atoms with Crippen LogP contribution in [0.3, 0.4) is 0 Å². The first-order chi connectivity index (χ1) is 7.83. The van der Waals surface area contributed by atoms with Gasteiger partial charge in [0, 0.05) is 0 Å². The van der Waals surface area contributed by atoms with Gasteiger partial charge in [-0.25, -0.2) is 0 Å². The van der Waals surface area contributed by atoms with Crippen molar-refractivity contribution < 1.29 is 8.85 Å². The molecule has 0 N–H and O–H groups in total. The van der Waals surface area contributed by atoms with Gasteiger partial charge in [0.25, 0.3) is 6.26 Å². The fourth-order valence-electron chi connectivity index (χ4n) is 2.07. The minimum Gasteiger partial charge on any atom is -0.455 e. The van der Waals surface area contributed by atoms with Crippen molar-refractivity contribution in [3.63, 3.8) is 0 Å². The maximum atomic E-state index is 8.29. The molecule has 0 heterocycles. The second kappa shape index (κ2) is 7.90. The highest BCUT2D eigenvalue weighted by atomic mass is 28.4. The standard InChI is InChI=1S/C12H27NO2Si2/c1-6-7-10-16(2,3)15-17(4,5)11-8-9-14-12-13/h6-11H2,1-5H3. The van der Waals surface area contributed by atoms with Crippen LogP contribution in [0.25, 0.3) is 0 Å². The average molecular weight is 274 g/mol. The van der Waals surface area contributed by atoms with Crippen molar-refractivity contribution in [1.82, 2.24) is 0 Å². The summed E-state index contributed by atoms with van der Waals surface area (Å²) in [7, 11) is -3.04. The summed E-state index contributed by atoms with van der Waals surface area (Å²) in [6.45, 7) is 12.0. The van der Waals surface area contributed by atoms with Crippen LogP contribution in [-0.4, -0.2) is 23.2 Å². The first kappa shape index (κ1) is 16.7. The van der Waals surface area contributed by atoms with E-state index in [1.807, 2.05) is 0 Å². The van der Waals surface area contributed by atoms with Gasteiger partial charge >= 0.3 is 0 Å². The van der Waals surface area contributed by atoms with E-state index in [1.165, 1.54) is 18.9 Å². The van der Waals surface area contributed by atoms with Crippen LogP contribution in [-0.2, 0) is 8.85 Å². The van der Waals surface area contributed by atoms with Crippen LogP contribution in [0.4, 0.5) is 0 Å². The Kier molecular flexibility index (Phi) is 7.76. The second-order valence-electron chi connectivity index (χ2n) is 5.77. The summed E-state index contributed by atoms with van der Waals surface area (Å²) >= 11 is 0. The molecule has 0 rings (SSSR count). The molecule has 0 aliphatic rings. The van der Waals surface area contributed by atoms with Crippen LogP contribution in [0.15, 0.2) is 0 Å². The van der Waals surface area contributed by atoms with Crippen LogP contribution in [0.2, 0.25) is 38.3 Å². The zero-order valence-corrected chi connectivity index (χ0v) is 14.0. The number of hydrogen-bond acceptors (Lipinski definition) is 3. The second-order valence-corrected chi connectivity index (χ2v) is 14.6. The molecule has 0 aliphatic carbocycles. The molecule has 17 heavy (non-hydrogen) atoms. The molecule has 0 spiro atoms. The summed E-state index contributed by atoms with van der Waals surface area (Å²) in [6.07, 6.45) is 5.18. The van der Waals surface area contributed by atoms with Gasteiger partial charge in [0.1, 0.15) is 6.61 Å². The van der Waals surface area contributed by atoms with Gasteiger partial charge in [-0.15, -0.1) is 0 Å². The third kappa shape index (κ3) is 9.39. The molecule has 3 nitrogen and oxygen atoms in total. The Morgan fingerprint density at radius 3 is 2.00 bits per heavy atom. The quantitative estimate of drug-likeness (QED) is 0.361. The maximum absolute atomic E-state index is 8.29. The fourth-order valence-corrected chi connectivity index (χ4v) is 11.1. The van der Waals surface area contributed by atoms with Crippen molar-refractivity contribution in [2.24, 2.45) is 0 Å². The predicted octanol–water partition coefficient (Wildman–Crippen LogP) is 4.10. The lowest BCUT2D eigenvalue weighted by molar-refractivity contribution is 0.268. The Bertz CT molecular complexity index is 249. The summed E-state index contributed by atoms with van der Waals surface area (Å²) in [5.41, 5.74) is 0. The van der Waals surface area contributed by atoms with Gasteiger partial charge in [-0.3, -0.25) is 0 Å². The highest BCUT2D eigenvalue weighted by Gasteiger charge is 2.31. The van der Waals surface area contributed by atoms with Crippen molar-refractivity contribution in [3.8, 4) is 6.26 Å². The van der Waals surface area contributed by atoms with Crippen LogP contribution in [0.5, 0.6) is 0 Å². The molecule has 0 radical (unpaired) electrons. The van der Waals surface area contributed by atoms with Gasteiger partial charge < -0.3 is 8.85 Å². The number of hydrogen-bond donors (Lipinski definition) is 0. The van der Waals surface area contributed by atoms with Crippen LogP contribution in [0.1, 0.15) is 26.2 Å². The van der Waals surface area contributed by atoms with E-state index in [0.717, 1.165) is 12.5 Å². The lowest BCUT2D eigenvalue weighted by Gasteiger charge is -2.34. The van der Waals surface area contributed by atoms with Gasteiger partial charge in [-0.1, -0.05) is 19.8 Å². The number of unbranched alkanes of at least 4 members (excludes halogenated alkanes) is 1. The summed E-state index contributed by atoms with van der Waals surface area (Å²) in [5.74, 6) is 0. The molecule has 0 amide bonds. The number of ether oxygens (including phenoxy) is 1. The number of nitrogens with zero attached hydrogens (tertiary/aromatic N) is 1. The molecule has 0 atom stereocenters. The molecule has 0 fully saturated rings. The minimum absolute atomic E-state index is 0.535. The minimum atomic E-state index is -1.57. The van der Waals surface area contributed by atoms with Crippen molar-refractivity contribution in [2.75, 3.05) is 6.61 Å². The molecule has 0 saturated carbocycles. The smallest absolute Gasteiger partial charge is 0.286 e. The number of rotatable bonds is 9. The molecule has 0 aromatic heterocycles. The Morgan fingerprint density at radius 1 is 1.00 bits per heavy atom. The number of nitriles is 1. The zero-order valence-electron chi connectivity index (χ0n) is 12.0. The summed E-state index contributed by atoms with van der Waals surface area (Å²) in [4.78, 5) is 0. The van der Waals surface area contributed by atoms with E-state index in [4.69, 9.17) is 14.1 Å². The van der Waals surface area contributed by atoms with E-state index in [2.05, 4.69) is 33.1 Å².